The second kappa shape index (κ2) is 62.4. The van der Waals surface area contributed by atoms with Crippen LogP contribution in [-0.4, -0.2) is 37.2 Å². The highest BCUT2D eigenvalue weighted by molar-refractivity contribution is 5.71. The van der Waals surface area contributed by atoms with Crippen LogP contribution in [0.25, 0.3) is 0 Å². The van der Waals surface area contributed by atoms with E-state index in [1.54, 1.807) is 0 Å². The third-order valence-corrected chi connectivity index (χ3v) is 12.9. The zero-order valence-corrected chi connectivity index (χ0v) is 48.8. The zero-order chi connectivity index (χ0) is 54.3. The van der Waals surface area contributed by atoms with Gasteiger partial charge in [-0.15, -0.1) is 0 Å². The summed E-state index contributed by atoms with van der Waals surface area (Å²) in [5.41, 5.74) is 0. The molecule has 0 saturated carbocycles. The van der Waals surface area contributed by atoms with E-state index in [1.807, 2.05) is 0 Å². The normalized spacial score (nSPS) is 12.9. The Bertz CT molecular complexity index is 1570. The van der Waals surface area contributed by atoms with Gasteiger partial charge in [0.05, 0.1) is 0 Å². The van der Waals surface area contributed by atoms with E-state index in [4.69, 9.17) is 14.2 Å². The molecule has 0 fully saturated rings. The van der Waals surface area contributed by atoms with E-state index in [1.165, 1.54) is 89.9 Å². The number of esters is 3. The summed E-state index contributed by atoms with van der Waals surface area (Å²) < 4.78 is 16.9. The summed E-state index contributed by atoms with van der Waals surface area (Å²) in [4.78, 5) is 38.2. The first-order chi connectivity index (χ1) is 37.0. The number of unbranched alkanes of at least 4 members (excludes halogenated alkanes) is 24. The molecule has 0 aromatic heterocycles. The number of carbonyl (C=O) groups excluding carboxylic acids is 3. The lowest BCUT2D eigenvalue weighted by Gasteiger charge is -2.18. The Morgan fingerprint density at radius 3 is 0.853 bits per heavy atom. The van der Waals surface area contributed by atoms with Crippen molar-refractivity contribution in [1.82, 2.24) is 0 Å². The van der Waals surface area contributed by atoms with E-state index in [2.05, 4.69) is 142 Å². The maximum atomic E-state index is 12.9. The van der Waals surface area contributed by atoms with Crippen LogP contribution in [0, 0.1) is 0 Å². The molecule has 0 spiro atoms. The van der Waals surface area contributed by atoms with E-state index in [-0.39, 0.29) is 31.1 Å². The molecular formula is C69H114O6. The lowest BCUT2D eigenvalue weighted by atomic mass is 10.1. The molecule has 1 unspecified atom stereocenters. The fourth-order valence-electron chi connectivity index (χ4n) is 8.27. The summed E-state index contributed by atoms with van der Waals surface area (Å²) in [6.07, 6.45) is 86.2. The van der Waals surface area contributed by atoms with Crippen molar-refractivity contribution in [3.63, 3.8) is 0 Å². The number of carbonyl (C=O) groups is 3. The summed E-state index contributed by atoms with van der Waals surface area (Å²) >= 11 is 0. The van der Waals surface area contributed by atoms with E-state index in [9.17, 15) is 14.4 Å². The summed E-state index contributed by atoms with van der Waals surface area (Å²) in [6, 6.07) is 0. The highest BCUT2D eigenvalue weighted by Gasteiger charge is 2.19. The Morgan fingerprint density at radius 1 is 0.280 bits per heavy atom. The molecule has 0 N–H and O–H groups in total. The third-order valence-electron chi connectivity index (χ3n) is 12.9. The quantitative estimate of drug-likeness (QED) is 0.0261. The second-order valence-corrected chi connectivity index (χ2v) is 20.2. The Labute approximate surface area is 462 Å². The molecule has 0 rings (SSSR count). The summed E-state index contributed by atoms with van der Waals surface area (Å²) in [5, 5.41) is 0. The molecular weight excluding hydrogens is 925 g/mol. The van der Waals surface area contributed by atoms with Crippen molar-refractivity contribution in [2.24, 2.45) is 0 Å². The maximum absolute atomic E-state index is 12.9. The van der Waals surface area contributed by atoms with E-state index in [0.717, 1.165) is 148 Å². The summed E-state index contributed by atoms with van der Waals surface area (Å²) in [5.74, 6) is -0.928. The third kappa shape index (κ3) is 60.6. The van der Waals surface area contributed by atoms with Gasteiger partial charge in [0.15, 0.2) is 6.10 Å². The van der Waals surface area contributed by atoms with Gasteiger partial charge in [-0.2, -0.15) is 0 Å². The second-order valence-electron chi connectivity index (χ2n) is 20.2. The number of hydrogen-bond donors (Lipinski definition) is 0. The molecule has 6 nitrogen and oxygen atoms in total. The van der Waals surface area contributed by atoms with Gasteiger partial charge < -0.3 is 14.2 Å². The molecule has 6 heteroatoms. The van der Waals surface area contributed by atoms with E-state index in [0.29, 0.717) is 19.3 Å². The Morgan fingerprint density at radius 2 is 0.520 bits per heavy atom. The largest absolute Gasteiger partial charge is 0.462 e. The lowest BCUT2D eigenvalue weighted by Crippen LogP contribution is -2.30. The van der Waals surface area contributed by atoms with Crippen molar-refractivity contribution < 1.29 is 28.6 Å². The van der Waals surface area contributed by atoms with Gasteiger partial charge in [0.25, 0.3) is 0 Å². The molecule has 0 bridgehead atoms. The van der Waals surface area contributed by atoms with Gasteiger partial charge in [0.1, 0.15) is 13.2 Å². The predicted octanol–water partition coefficient (Wildman–Crippen LogP) is 21.2. The van der Waals surface area contributed by atoms with Gasteiger partial charge in [0, 0.05) is 19.3 Å². The predicted molar refractivity (Wildman–Crippen MR) is 325 cm³/mol. The van der Waals surface area contributed by atoms with Gasteiger partial charge in [-0.1, -0.05) is 245 Å². The standard InChI is InChI=1S/C69H114O6/c1-4-7-10-13-16-19-22-25-27-29-31-32-33-34-35-36-37-38-39-41-42-44-47-50-53-56-59-62-68(71)74-65-66(64-73-67(70)61-58-55-52-49-46-24-21-18-15-12-9-6-3)75-69(72)63-60-57-54-51-48-45-43-40-30-28-26-23-20-17-14-11-8-5-2/h7,10,16,18-21,23,25,27-28,30-32,34-35,37-38,41-42,66H,4-6,8-9,11-15,17,22,24,26,29,33,36,39-40,43-65H2,1-3H3/b10-7-,19-16-,21-18-,23-20-,27-25-,30-28-,32-31-,35-34-,38-37-,42-41-. The van der Waals surface area contributed by atoms with Crippen LogP contribution in [-0.2, 0) is 28.6 Å². The van der Waals surface area contributed by atoms with Gasteiger partial charge in [-0.05, 0) is 135 Å². The SMILES string of the molecule is CC/C=C\C/C=C\C/C=C\C/C=C\C/C=C\C/C=C\C/C=C\CCCCCCCC(=O)OCC(COC(=O)CCCCCCC/C=C\CCCCC)OC(=O)CCCCCCCCC/C=C\C/C=C\CCCCCC. The molecule has 0 aromatic rings. The fraction of sp³-hybridized carbons (Fsp3) is 0.667. The highest BCUT2D eigenvalue weighted by Crippen LogP contribution is 2.14. The minimum atomic E-state index is -0.798. The minimum absolute atomic E-state index is 0.0940. The summed E-state index contributed by atoms with van der Waals surface area (Å²) in [6.45, 7) is 6.46. The van der Waals surface area contributed by atoms with E-state index >= 15 is 0 Å². The first-order valence-corrected chi connectivity index (χ1v) is 31.0. The number of hydrogen-bond acceptors (Lipinski definition) is 6. The van der Waals surface area contributed by atoms with Gasteiger partial charge in [-0.3, -0.25) is 14.4 Å². The molecule has 0 heterocycles. The molecule has 0 aliphatic carbocycles. The van der Waals surface area contributed by atoms with Gasteiger partial charge in [0.2, 0.25) is 0 Å². The Balaban J connectivity index is 4.39. The van der Waals surface area contributed by atoms with Crippen LogP contribution in [0.15, 0.2) is 122 Å². The summed E-state index contributed by atoms with van der Waals surface area (Å²) in [7, 11) is 0. The van der Waals surface area contributed by atoms with Crippen LogP contribution in [0.3, 0.4) is 0 Å². The van der Waals surface area contributed by atoms with E-state index < -0.39 is 6.10 Å². The molecule has 0 aromatic carbocycles. The molecule has 0 aliphatic heterocycles. The van der Waals surface area contributed by atoms with Crippen LogP contribution in [0.2, 0.25) is 0 Å². The first kappa shape index (κ1) is 70.8. The molecule has 426 valence electrons. The topological polar surface area (TPSA) is 78.9 Å². The lowest BCUT2D eigenvalue weighted by molar-refractivity contribution is -0.167. The molecule has 75 heavy (non-hydrogen) atoms. The molecule has 0 radical (unpaired) electrons. The Hall–Kier alpha value is -4.19. The zero-order valence-electron chi connectivity index (χ0n) is 48.8. The highest BCUT2D eigenvalue weighted by atomic mass is 16.6. The number of rotatable bonds is 55. The average Bonchev–Trinajstić information content (AvgIpc) is 3.41. The van der Waals surface area contributed by atoms with Crippen molar-refractivity contribution in [3.8, 4) is 0 Å². The number of ether oxygens (including phenoxy) is 3. The van der Waals surface area contributed by atoms with Crippen LogP contribution in [0.4, 0.5) is 0 Å². The molecule has 0 saturated heterocycles. The van der Waals surface area contributed by atoms with Gasteiger partial charge in [-0.25, -0.2) is 0 Å². The molecule has 0 amide bonds. The van der Waals surface area contributed by atoms with Crippen LogP contribution >= 0.6 is 0 Å². The first-order valence-electron chi connectivity index (χ1n) is 31.0. The smallest absolute Gasteiger partial charge is 0.306 e. The monoisotopic (exact) mass is 1040 g/mol. The van der Waals surface area contributed by atoms with Crippen molar-refractivity contribution in [1.29, 1.82) is 0 Å². The maximum Gasteiger partial charge on any atom is 0.306 e. The van der Waals surface area contributed by atoms with Crippen LogP contribution in [0.5, 0.6) is 0 Å². The fourth-order valence-corrected chi connectivity index (χ4v) is 8.27. The molecule has 0 aliphatic rings. The van der Waals surface area contributed by atoms with Crippen LogP contribution < -0.4 is 0 Å². The van der Waals surface area contributed by atoms with Crippen molar-refractivity contribution in [2.45, 2.75) is 284 Å². The van der Waals surface area contributed by atoms with Crippen molar-refractivity contribution in [2.75, 3.05) is 13.2 Å². The Kier molecular flexibility index (Phi) is 58.9. The molecule has 1 atom stereocenters. The average molecular weight is 1040 g/mol. The number of allylic oxidation sites excluding steroid dienone is 20. The van der Waals surface area contributed by atoms with Crippen LogP contribution in [0.1, 0.15) is 278 Å². The van der Waals surface area contributed by atoms with Crippen molar-refractivity contribution >= 4 is 17.9 Å². The van der Waals surface area contributed by atoms with Gasteiger partial charge >= 0.3 is 17.9 Å². The van der Waals surface area contributed by atoms with Crippen molar-refractivity contribution in [3.05, 3.63) is 122 Å². The minimum Gasteiger partial charge on any atom is -0.462 e.